The van der Waals surface area contributed by atoms with Crippen molar-refractivity contribution in [2.75, 3.05) is 31.9 Å². The van der Waals surface area contributed by atoms with E-state index in [0.29, 0.717) is 46.2 Å². The highest BCUT2D eigenvalue weighted by atomic mass is 19.4. The van der Waals surface area contributed by atoms with E-state index in [9.17, 15) is 13.2 Å². The molecule has 33 heavy (non-hydrogen) atoms. The van der Waals surface area contributed by atoms with E-state index in [1.807, 2.05) is 6.92 Å². The molecule has 0 fully saturated rings. The topological polar surface area (TPSA) is 91.5 Å². The lowest BCUT2D eigenvalue weighted by atomic mass is 10.1. The van der Waals surface area contributed by atoms with E-state index in [2.05, 4.69) is 15.3 Å². The summed E-state index contributed by atoms with van der Waals surface area (Å²) in [5, 5.41) is 3.75. The predicted octanol–water partition coefficient (Wildman–Crippen LogP) is 4.96. The van der Waals surface area contributed by atoms with E-state index in [1.165, 1.54) is 13.2 Å². The molecule has 0 aliphatic carbocycles. The number of hydrogen-bond acceptors (Lipinski definition) is 7. The number of benzene rings is 2. The molecule has 3 N–H and O–H groups in total. The number of nitrogens with two attached hydrogens (primary N) is 1. The standard InChI is InChI=1S/C23H27F3N4O3/c1-5-17(31-3)12-33-21-9-18-19(10-20(21)32-4)29-13(2)30-22(18)28-11-14-6-15(23(24,25)26)8-16(27)7-14/h6-10,17H,5,11-12,27H2,1-4H3,(H,28,29,30). The van der Waals surface area contributed by atoms with E-state index in [1.54, 1.807) is 26.2 Å². The molecule has 0 spiro atoms. The largest absolute Gasteiger partial charge is 0.493 e. The van der Waals surface area contributed by atoms with Crippen molar-refractivity contribution >= 4 is 22.4 Å². The smallest absolute Gasteiger partial charge is 0.416 e. The van der Waals surface area contributed by atoms with Gasteiger partial charge in [0.2, 0.25) is 0 Å². The Morgan fingerprint density at radius 3 is 2.45 bits per heavy atom. The van der Waals surface area contributed by atoms with Crippen LogP contribution >= 0.6 is 0 Å². The van der Waals surface area contributed by atoms with Crippen molar-refractivity contribution in [3.8, 4) is 11.5 Å². The second-order valence-corrected chi connectivity index (χ2v) is 7.53. The summed E-state index contributed by atoms with van der Waals surface area (Å²) in [4.78, 5) is 8.89. The van der Waals surface area contributed by atoms with Crippen molar-refractivity contribution < 1.29 is 27.4 Å². The highest BCUT2D eigenvalue weighted by molar-refractivity contribution is 5.91. The third-order valence-corrected chi connectivity index (χ3v) is 5.11. The van der Waals surface area contributed by atoms with Crippen LogP contribution in [0, 0.1) is 6.92 Å². The summed E-state index contributed by atoms with van der Waals surface area (Å²) < 4.78 is 56.1. The maximum Gasteiger partial charge on any atom is 0.416 e. The van der Waals surface area contributed by atoms with Crippen molar-refractivity contribution in [3.05, 3.63) is 47.3 Å². The van der Waals surface area contributed by atoms with Gasteiger partial charge in [0.05, 0.1) is 24.3 Å². The van der Waals surface area contributed by atoms with Gasteiger partial charge in [-0.3, -0.25) is 0 Å². The van der Waals surface area contributed by atoms with Gasteiger partial charge in [-0.05, 0) is 43.2 Å². The summed E-state index contributed by atoms with van der Waals surface area (Å²) in [6.45, 7) is 4.14. The van der Waals surface area contributed by atoms with Crippen molar-refractivity contribution in [1.82, 2.24) is 9.97 Å². The summed E-state index contributed by atoms with van der Waals surface area (Å²) in [7, 11) is 3.15. The number of anilines is 2. The molecule has 0 saturated carbocycles. The van der Waals surface area contributed by atoms with Gasteiger partial charge in [0.1, 0.15) is 18.2 Å². The van der Waals surface area contributed by atoms with Gasteiger partial charge in [0.25, 0.3) is 0 Å². The van der Waals surface area contributed by atoms with Crippen LogP contribution in [-0.2, 0) is 17.5 Å². The Kier molecular flexibility index (Phi) is 7.47. The number of halogens is 3. The number of aromatic nitrogens is 2. The van der Waals surface area contributed by atoms with E-state index < -0.39 is 11.7 Å². The zero-order chi connectivity index (χ0) is 24.2. The van der Waals surface area contributed by atoms with Gasteiger partial charge in [-0.1, -0.05) is 6.92 Å². The molecule has 10 heteroatoms. The number of alkyl halides is 3. The van der Waals surface area contributed by atoms with Gasteiger partial charge >= 0.3 is 6.18 Å². The van der Waals surface area contributed by atoms with Gasteiger partial charge in [0.15, 0.2) is 11.5 Å². The molecule has 3 aromatic rings. The van der Waals surface area contributed by atoms with Gasteiger partial charge < -0.3 is 25.3 Å². The van der Waals surface area contributed by atoms with Gasteiger partial charge in [-0.15, -0.1) is 0 Å². The summed E-state index contributed by atoms with van der Waals surface area (Å²) in [6, 6.07) is 6.95. The number of aryl methyl sites for hydroxylation is 1. The van der Waals surface area contributed by atoms with Gasteiger partial charge in [0, 0.05) is 30.8 Å². The molecule has 1 heterocycles. The van der Waals surface area contributed by atoms with Crippen LogP contribution in [-0.4, -0.2) is 36.9 Å². The van der Waals surface area contributed by atoms with Crippen molar-refractivity contribution in [2.24, 2.45) is 0 Å². The number of fused-ring (bicyclic) bond motifs is 1. The SMILES string of the molecule is CCC(COc1cc2c(NCc3cc(N)cc(C(F)(F)F)c3)nc(C)nc2cc1OC)OC. The Bertz CT molecular complexity index is 1120. The molecule has 0 amide bonds. The molecule has 0 radical (unpaired) electrons. The van der Waals surface area contributed by atoms with E-state index in [4.69, 9.17) is 19.9 Å². The molecule has 2 aromatic carbocycles. The summed E-state index contributed by atoms with van der Waals surface area (Å²) >= 11 is 0. The zero-order valence-corrected chi connectivity index (χ0v) is 18.9. The van der Waals surface area contributed by atoms with Crippen LogP contribution in [0.15, 0.2) is 30.3 Å². The first-order valence-corrected chi connectivity index (χ1v) is 10.4. The molecular weight excluding hydrogens is 437 g/mol. The molecule has 0 aliphatic rings. The minimum atomic E-state index is -4.48. The Morgan fingerprint density at radius 2 is 1.82 bits per heavy atom. The quantitative estimate of drug-likeness (QED) is 0.432. The molecule has 178 valence electrons. The van der Waals surface area contributed by atoms with Gasteiger partial charge in [-0.2, -0.15) is 13.2 Å². The van der Waals surface area contributed by atoms with Crippen LogP contribution in [0.2, 0.25) is 0 Å². The maximum atomic E-state index is 13.1. The van der Waals surface area contributed by atoms with E-state index in [0.717, 1.165) is 18.6 Å². The molecule has 1 aromatic heterocycles. The average molecular weight is 464 g/mol. The first-order valence-electron chi connectivity index (χ1n) is 10.4. The highest BCUT2D eigenvalue weighted by Gasteiger charge is 2.31. The Hall–Kier alpha value is -3.27. The zero-order valence-electron chi connectivity index (χ0n) is 18.9. The number of methoxy groups -OCH3 is 2. The van der Waals surface area contributed by atoms with Crippen LogP contribution in [0.5, 0.6) is 11.5 Å². The minimum absolute atomic E-state index is 0.0365. The number of nitrogen functional groups attached to an aromatic ring is 1. The fourth-order valence-electron chi connectivity index (χ4n) is 3.36. The van der Waals surface area contributed by atoms with Crippen LogP contribution in [0.3, 0.4) is 0 Å². The number of nitrogens with zero attached hydrogens (tertiary/aromatic N) is 2. The lowest BCUT2D eigenvalue weighted by Gasteiger charge is -2.17. The van der Waals surface area contributed by atoms with E-state index in [-0.39, 0.29) is 18.3 Å². The van der Waals surface area contributed by atoms with Crippen LogP contribution in [0.4, 0.5) is 24.7 Å². The number of ether oxygens (including phenoxy) is 3. The lowest BCUT2D eigenvalue weighted by molar-refractivity contribution is -0.137. The van der Waals surface area contributed by atoms with E-state index >= 15 is 0 Å². The first kappa shape index (κ1) is 24.4. The molecular formula is C23H27F3N4O3. The molecule has 7 nitrogen and oxygen atoms in total. The molecule has 0 saturated heterocycles. The predicted molar refractivity (Wildman–Crippen MR) is 121 cm³/mol. The third kappa shape index (κ3) is 5.95. The number of hydrogen-bond donors (Lipinski definition) is 2. The summed E-state index contributed by atoms with van der Waals surface area (Å²) in [6.07, 6.45) is -3.78. The molecule has 0 bridgehead atoms. The molecule has 1 unspecified atom stereocenters. The van der Waals surface area contributed by atoms with Crippen molar-refractivity contribution in [2.45, 2.75) is 39.1 Å². The Balaban J connectivity index is 1.94. The van der Waals surface area contributed by atoms with Crippen LogP contribution in [0.25, 0.3) is 10.9 Å². The molecule has 3 rings (SSSR count). The number of nitrogens with one attached hydrogen (secondary N) is 1. The maximum absolute atomic E-state index is 13.1. The van der Waals surface area contributed by atoms with Crippen LogP contribution in [0.1, 0.15) is 30.3 Å². The summed E-state index contributed by atoms with van der Waals surface area (Å²) in [5.74, 6) is 1.94. The fraction of sp³-hybridized carbons (Fsp3) is 0.391. The Labute approximate surface area is 190 Å². The lowest BCUT2D eigenvalue weighted by Crippen LogP contribution is -2.19. The second kappa shape index (κ2) is 10.1. The normalized spacial score (nSPS) is 12.6. The fourth-order valence-corrected chi connectivity index (χ4v) is 3.36. The molecule has 1 atom stereocenters. The monoisotopic (exact) mass is 464 g/mol. The average Bonchev–Trinajstić information content (AvgIpc) is 2.76. The highest BCUT2D eigenvalue weighted by Crippen LogP contribution is 2.35. The number of rotatable bonds is 9. The van der Waals surface area contributed by atoms with Gasteiger partial charge in [-0.25, -0.2) is 9.97 Å². The second-order valence-electron chi connectivity index (χ2n) is 7.53. The first-order chi connectivity index (χ1) is 15.6. The van der Waals surface area contributed by atoms with Crippen molar-refractivity contribution in [3.63, 3.8) is 0 Å². The Morgan fingerprint density at radius 1 is 1.06 bits per heavy atom. The minimum Gasteiger partial charge on any atom is -0.493 e. The van der Waals surface area contributed by atoms with Crippen molar-refractivity contribution in [1.29, 1.82) is 0 Å². The summed E-state index contributed by atoms with van der Waals surface area (Å²) in [5.41, 5.74) is 5.90. The third-order valence-electron chi connectivity index (χ3n) is 5.11. The van der Waals surface area contributed by atoms with Crippen LogP contribution < -0.4 is 20.5 Å². The molecule has 0 aliphatic heterocycles.